The lowest BCUT2D eigenvalue weighted by Crippen LogP contribution is -2.21. The van der Waals surface area contributed by atoms with Crippen LogP contribution < -0.4 is 10.2 Å². The quantitative estimate of drug-likeness (QED) is 0.871. The fourth-order valence-electron chi connectivity index (χ4n) is 2.08. The van der Waals surface area contributed by atoms with Crippen molar-refractivity contribution in [2.45, 2.75) is 12.7 Å². The Labute approximate surface area is 129 Å². The first kappa shape index (κ1) is 16.3. The second kappa shape index (κ2) is 5.99. The summed E-state index contributed by atoms with van der Waals surface area (Å²) < 4.78 is 40.0. The zero-order valence-electron chi connectivity index (χ0n) is 12.1. The monoisotopic (exact) mass is 334 g/mol. The molecule has 0 atom stereocenters. The summed E-state index contributed by atoms with van der Waals surface area (Å²) in [5, 5.41) is 6.51. The molecule has 0 aliphatic heterocycles. The number of hydrogen-bond acceptors (Lipinski definition) is 5. The number of rotatable bonds is 4. The Kier molecular flexibility index (Phi) is 4.45. The first-order chi connectivity index (χ1) is 10.2. The van der Waals surface area contributed by atoms with Gasteiger partial charge in [-0.2, -0.15) is 18.3 Å². The Morgan fingerprint density at radius 1 is 1.36 bits per heavy atom. The van der Waals surface area contributed by atoms with Gasteiger partial charge < -0.3 is 10.2 Å². The second-order valence-electron chi connectivity index (χ2n) is 4.64. The van der Waals surface area contributed by atoms with E-state index in [1.165, 1.54) is 19.6 Å². The molecule has 6 nitrogen and oxygen atoms in total. The topological polar surface area (TPSA) is 58.9 Å². The first-order valence-electron chi connectivity index (χ1n) is 6.23. The minimum absolute atomic E-state index is 0.0231. The molecule has 2 rings (SSSR count). The van der Waals surface area contributed by atoms with E-state index in [0.717, 1.165) is 4.68 Å². The van der Waals surface area contributed by atoms with Crippen molar-refractivity contribution in [3.05, 3.63) is 28.9 Å². The molecular weight excluding hydrogens is 321 g/mol. The number of aryl methyl sites for hydroxylation is 1. The number of nitrogens with zero attached hydrogens (tertiary/aromatic N) is 5. The van der Waals surface area contributed by atoms with Crippen LogP contribution in [0.3, 0.4) is 0 Å². The first-order valence-corrected chi connectivity index (χ1v) is 6.61. The molecular formula is C12H14ClF3N6. The van der Waals surface area contributed by atoms with Crippen molar-refractivity contribution in [2.24, 2.45) is 7.05 Å². The molecule has 120 valence electrons. The van der Waals surface area contributed by atoms with Gasteiger partial charge in [0.15, 0.2) is 16.7 Å². The molecule has 0 spiro atoms. The number of nitrogens with one attached hydrogen (secondary N) is 1. The molecule has 10 heteroatoms. The van der Waals surface area contributed by atoms with E-state index < -0.39 is 11.9 Å². The average molecular weight is 335 g/mol. The molecule has 0 saturated heterocycles. The Bertz CT molecular complexity index is 669. The molecule has 0 amide bonds. The number of alkyl halides is 3. The third kappa shape index (κ3) is 3.24. The predicted octanol–water partition coefficient (Wildman–Crippen LogP) is 2.56. The molecule has 2 aromatic rings. The lowest BCUT2D eigenvalue weighted by atomic mass is 10.2. The van der Waals surface area contributed by atoms with Gasteiger partial charge in [-0.15, -0.1) is 0 Å². The van der Waals surface area contributed by atoms with Crippen molar-refractivity contribution in [2.75, 3.05) is 24.3 Å². The molecule has 1 N–H and O–H groups in total. The Morgan fingerprint density at radius 3 is 2.64 bits per heavy atom. The maximum absolute atomic E-state index is 13.0. The number of halogens is 4. The van der Waals surface area contributed by atoms with E-state index in [9.17, 15) is 13.2 Å². The fourth-order valence-corrected chi connectivity index (χ4v) is 2.30. The lowest BCUT2D eigenvalue weighted by Gasteiger charge is -2.21. The number of hydrogen-bond donors (Lipinski definition) is 1. The van der Waals surface area contributed by atoms with E-state index in [4.69, 9.17) is 11.6 Å². The molecule has 2 heterocycles. The van der Waals surface area contributed by atoms with Crippen molar-refractivity contribution in [1.29, 1.82) is 0 Å². The van der Waals surface area contributed by atoms with Gasteiger partial charge in [0.25, 0.3) is 0 Å². The molecule has 0 unspecified atom stereocenters. The van der Waals surface area contributed by atoms with Crippen LogP contribution in [0.1, 0.15) is 11.3 Å². The summed E-state index contributed by atoms with van der Waals surface area (Å²) >= 11 is 5.95. The van der Waals surface area contributed by atoms with Gasteiger partial charge in [0.05, 0.1) is 0 Å². The maximum Gasteiger partial charge on any atom is 0.435 e. The molecule has 0 aromatic carbocycles. The minimum Gasteiger partial charge on any atom is -0.383 e. The third-order valence-corrected chi connectivity index (χ3v) is 3.26. The van der Waals surface area contributed by atoms with Gasteiger partial charge >= 0.3 is 6.18 Å². The van der Waals surface area contributed by atoms with E-state index >= 15 is 0 Å². The summed E-state index contributed by atoms with van der Waals surface area (Å²) in [6, 6.07) is 0. The lowest BCUT2D eigenvalue weighted by molar-refractivity contribution is -0.142. The summed E-state index contributed by atoms with van der Waals surface area (Å²) in [7, 11) is 4.69. The fraction of sp³-hybridized carbons (Fsp3) is 0.417. The normalized spacial score (nSPS) is 11.6. The zero-order chi connectivity index (χ0) is 16.5. The van der Waals surface area contributed by atoms with Crippen molar-refractivity contribution in [1.82, 2.24) is 19.7 Å². The summed E-state index contributed by atoms with van der Waals surface area (Å²) in [4.78, 5) is 9.44. The van der Waals surface area contributed by atoms with Gasteiger partial charge in [0.2, 0.25) is 0 Å². The standard InChI is InChI=1S/C12H14ClF3N6/c1-17-8-10(13)18-6-19-11(8)21(2)4-7-5-22(3)20-9(7)12(14,15)16/h5-6,17H,4H2,1-3H3. The highest BCUT2D eigenvalue weighted by Crippen LogP contribution is 2.33. The van der Waals surface area contributed by atoms with Crippen molar-refractivity contribution in [3.63, 3.8) is 0 Å². The van der Waals surface area contributed by atoms with Crippen LogP contribution in [0.5, 0.6) is 0 Å². The highest BCUT2D eigenvalue weighted by atomic mass is 35.5. The molecule has 0 bridgehead atoms. The molecule has 0 radical (unpaired) electrons. The molecule has 2 aromatic heterocycles. The summed E-state index contributed by atoms with van der Waals surface area (Å²) in [5.41, 5.74) is -0.411. The molecule has 0 fully saturated rings. The summed E-state index contributed by atoms with van der Waals surface area (Å²) in [6.07, 6.45) is -1.92. The SMILES string of the molecule is CNc1c(Cl)ncnc1N(C)Cc1cn(C)nc1C(F)(F)F. The van der Waals surface area contributed by atoms with Crippen LogP contribution in [0.2, 0.25) is 5.15 Å². The van der Waals surface area contributed by atoms with Gasteiger partial charge in [-0.3, -0.25) is 4.68 Å². The van der Waals surface area contributed by atoms with Crippen LogP contribution in [-0.4, -0.2) is 33.8 Å². The summed E-state index contributed by atoms with van der Waals surface area (Å²) in [6.45, 7) is -0.0231. The predicted molar refractivity (Wildman–Crippen MR) is 76.9 cm³/mol. The average Bonchev–Trinajstić information content (AvgIpc) is 2.79. The van der Waals surface area contributed by atoms with Gasteiger partial charge in [-0.1, -0.05) is 11.6 Å². The van der Waals surface area contributed by atoms with Crippen LogP contribution in [0, 0.1) is 0 Å². The number of anilines is 2. The highest BCUT2D eigenvalue weighted by Gasteiger charge is 2.37. The molecule has 0 aliphatic carbocycles. The van der Waals surface area contributed by atoms with Crippen molar-refractivity contribution < 1.29 is 13.2 Å². The van der Waals surface area contributed by atoms with Crippen molar-refractivity contribution in [3.8, 4) is 0 Å². The van der Waals surface area contributed by atoms with Crippen LogP contribution >= 0.6 is 11.6 Å². The van der Waals surface area contributed by atoms with Crippen LogP contribution in [0.15, 0.2) is 12.5 Å². The van der Waals surface area contributed by atoms with E-state index in [-0.39, 0.29) is 17.3 Å². The maximum atomic E-state index is 13.0. The van der Waals surface area contributed by atoms with Crippen LogP contribution in [0.25, 0.3) is 0 Å². The summed E-state index contributed by atoms with van der Waals surface area (Å²) in [5.74, 6) is 0.402. The van der Waals surface area contributed by atoms with E-state index in [1.54, 1.807) is 19.0 Å². The Balaban J connectivity index is 2.34. The van der Waals surface area contributed by atoms with Gasteiger partial charge in [0, 0.05) is 39.4 Å². The smallest absolute Gasteiger partial charge is 0.383 e. The van der Waals surface area contributed by atoms with E-state index in [2.05, 4.69) is 20.4 Å². The van der Waals surface area contributed by atoms with Crippen molar-refractivity contribution >= 4 is 23.1 Å². The van der Waals surface area contributed by atoms with Gasteiger partial charge in [-0.25, -0.2) is 9.97 Å². The molecule has 0 saturated carbocycles. The Morgan fingerprint density at radius 2 is 2.05 bits per heavy atom. The second-order valence-corrected chi connectivity index (χ2v) is 5.00. The molecule has 22 heavy (non-hydrogen) atoms. The molecule has 0 aliphatic rings. The van der Waals surface area contributed by atoms with Gasteiger partial charge in [0.1, 0.15) is 12.0 Å². The largest absolute Gasteiger partial charge is 0.435 e. The number of aromatic nitrogens is 4. The highest BCUT2D eigenvalue weighted by molar-refractivity contribution is 6.32. The van der Waals surface area contributed by atoms with E-state index in [0.29, 0.717) is 11.5 Å². The van der Waals surface area contributed by atoms with E-state index in [1.807, 2.05) is 0 Å². The Hall–Kier alpha value is -2.03. The third-order valence-electron chi connectivity index (χ3n) is 2.97. The minimum atomic E-state index is -4.51. The van der Waals surface area contributed by atoms with Crippen LogP contribution in [0.4, 0.5) is 24.7 Å². The van der Waals surface area contributed by atoms with Gasteiger partial charge in [-0.05, 0) is 0 Å². The zero-order valence-corrected chi connectivity index (χ0v) is 12.9. The van der Waals surface area contributed by atoms with Crippen LogP contribution in [-0.2, 0) is 19.8 Å².